The number of benzene rings is 1. The molecule has 7 nitrogen and oxygen atoms in total. The zero-order valence-electron chi connectivity index (χ0n) is 21.8. The highest BCUT2D eigenvalue weighted by atomic mass is 35.5. The lowest BCUT2D eigenvalue weighted by Gasteiger charge is -2.40. The van der Waals surface area contributed by atoms with E-state index in [1.807, 2.05) is 13.0 Å². The topological polar surface area (TPSA) is 77.7 Å². The minimum Gasteiger partial charge on any atom is -0.389 e. The Kier molecular flexibility index (Phi) is 9.18. The summed E-state index contributed by atoms with van der Waals surface area (Å²) in [5.74, 6) is -1.29. The smallest absolute Gasteiger partial charge is 0.389 e. The zero-order valence-corrected chi connectivity index (χ0v) is 22.5. The molecule has 3 rings (SSSR count). The Hall–Kier alpha value is -2.72. The number of hydrogen-bond acceptors (Lipinski definition) is 5. The Morgan fingerprint density at radius 3 is 2.32 bits per heavy atom. The largest absolute Gasteiger partial charge is 0.574 e. The Morgan fingerprint density at radius 2 is 1.76 bits per heavy atom. The van der Waals surface area contributed by atoms with Gasteiger partial charge in [0, 0.05) is 46.7 Å². The van der Waals surface area contributed by atoms with Crippen molar-refractivity contribution in [2.24, 2.45) is 0 Å². The highest BCUT2D eigenvalue weighted by Crippen LogP contribution is 2.34. The fraction of sp³-hybridized carbons (Fsp3) is 0.538. The zero-order chi connectivity index (χ0) is 27.5. The Morgan fingerprint density at radius 1 is 1.14 bits per heavy atom. The molecular weight excluding hydrogens is 509 g/mol. The number of amides is 1. The first-order valence-corrected chi connectivity index (χ1v) is 12.7. The van der Waals surface area contributed by atoms with E-state index in [9.17, 15) is 22.8 Å². The number of carbonyl (C=O) groups excluding carboxylic acids is 1. The van der Waals surface area contributed by atoms with E-state index in [2.05, 4.69) is 45.9 Å². The Balaban J connectivity index is 1.84. The van der Waals surface area contributed by atoms with Crippen molar-refractivity contribution < 1.29 is 22.7 Å². The van der Waals surface area contributed by atoms with Gasteiger partial charge in [-0.1, -0.05) is 11.6 Å². The van der Waals surface area contributed by atoms with Crippen LogP contribution in [0, 0.1) is 13.8 Å². The number of alkyl halides is 3. The molecule has 1 aromatic heterocycles. The van der Waals surface area contributed by atoms with Crippen LogP contribution in [0.3, 0.4) is 0 Å². The molecule has 1 amide bonds. The van der Waals surface area contributed by atoms with Gasteiger partial charge in [0.1, 0.15) is 0 Å². The molecule has 0 saturated heterocycles. The first-order chi connectivity index (χ1) is 17.3. The van der Waals surface area contributed by atoms with Crippen molar-refractivity contribution in [1.82, 2.24) is 15.2 Å². The number of nitrogens with zero attached hydrogens (tertiary/aromatic N) is 2. The van der Waals surface area contributed by atoms with E-state index in [0.29, 0.717) is 28.2 Å². The normalized spacial score (nSPS) is 18.1. The van der Waals surface area contributed by atoms with Crippen molar-refractivity contribution in [2.75, 3.05) is 25.5 Å². The van der Waals surface area contributed by atoms with Gasteiger partial charge in [-0.25, -0.2) is 0 Å². The number of halogens is 4. The molecule has 204 valence electrons. The number of carbonyl (C=O) groups is 1. The SMILES string of the molecule is CCN(c1cc(Cl)cc(C(=O)NCc2c(OC(F)(F)F)[nH]c(C)cc2=O)c1C)C1CCC(N(C)C)CC1. The lowest BCUT2D eigenvalue weighted by Crippen LogP contribution is -2.42. The van der Waals surface area contributed by atoms with Crippen molar-refractivity contribution >= 4 is 23.2 Å². The number of rotatable bonds is 8. The van der Waals surface area contributed by atoms with Crippen LogP contribution >= 0.6 is 11.6 Å². The van der Waals surface area contributed by atoms with Gasteiger partial charge in [0.25, 0.3) is 5.91 Å². The fourth-order valence-corrected chi connectivity index (χ4v) is 5.24. The van der Waals surface area contributed by atoms with E-state index in [0.717, 1.165) is 44.0 Å². The van der Waals surface area contributed by atoms with Gasteiger partial charge in [0.05, 0.1) is 12.1 Å². The van der Waals surface area contributed by atoms with Crippen LogP contribution in [0.5, 0.6) is 5.88 Å². The standard InChI is InChI=1S/C26H34ClF3N4O3/c1-6-34(19-9-7-18(8-10-19)33(4)5)22-13-17(27)12-20(16(22)3)24(36)31-14-21-23(35)11-15(2)32-25(21)37-26(28,29)30/h11-13,18-19H,6-10,14H2,1-5H3,(H,31,36)(H,32,35). The van der Waals surface area contributed by atoms with Crippen LogP contribution in [0.1, 0.15) is 59.8 Å². The fourth-order valence-electron chi connectivity index (χ4n) is 5.03. The van der Waals surface area contributed by atoms with Gasteiger partial charge in [-0.2, -0.15) is 0 Å². The van der Waals surface area contributed by atoms with Gasteiger partial charge >= 0.3 is 6.36 Å². The number of aromatic nitrogens is 1. The number of nitrogens with one attached hydrogen (secondary N) is 2. The van der Waals surface area contributed by atoms with Crippen molar-refractivity contribution in [2.45, 2.75) is 71.4 Å². The quantitative estimate of drug-likeness (QED) is 0.481. The van der Waals surface area contributed by atoms with Gasteiger partial charge in [-0.05, 0) is 78.2 Å². The maximum absolute atomic E-state index is 13.2. The summed E-state index contributed by atoms with van der Waals surface area (Å²) in [4.78, 5) is 32.5. The summed E-state index contributed by atoms with van der Waals surface area (Å²) in [5, 5.41) is 2.94. The molecule has 0 radical (unpaired) electrons. The van der Waals surface area contributed by atoms with Gasteiger partial charge in [-0.3, -0.25) is 9.59 Å². The van der Waals surface area contributed by atoms with Crippen LogP contribution in [-0.4, -0.2) is 54.9 Å². The summed E-state index contributed by atoms with van der Waals surface area (Å²) >= 11 is 6.42. The van der Waals surface area contributed by atoms with Gasteiger partial charge in [0.2, 0.25) is 5.88 Å². The molecule has 1 aliphatic carbocycles. The van der Waals surface area contributed by atoms with E-state index in [-0.39, 0.29) is 11.3 Å². The van der Waals surface area contributed by atoms with Crippen LogP contribution in [0.15, 0.2) is 23.0 Å². The average Bonchev–Trinajstić information content (AvgIpc) is 2.80. The second-order valence-corrected chi connectivity index (χ2v) is 10.1. The molecule has 2 N–H and O–H groups in total. The number of ether oxygens (including phenoxy) is 1. The number of H-pyrrole nitrogens is 1. The number of hydrogen-bond donors (Lipinski definition) is 2. The third-order valence-electron chi connectivity index (χ3n) is 6.95. The van der Waals surface area contributed by atoms with E-state index in [1.54, 1.807) is 0 Å². The highest BCUT2D eigenvalue weighted by Gasteiger charge is 2.33. The summed E-state index contributed by atoms with van der Waals surface area (Å²) in [6.45, 7) is 5.61. The minimum absolute atomic E-state index is 0.203. The number of pyridine rings is 1. The molecule has 1 heterocycles. The van der Waals surface area contributed by atoms with Crippen LogP contribution in [0.4, 0.5) is 18.9 Å². The highest BCUT2D eigenvalue weighted by molar-refractivity contribution is 6.31. The van der Waals surface area contributed by atoms with Crippen LogP contribution in [-0.2, 0) is 6.54 Å². The molecule has 37 heavy (non-hydrogen) atoms. The molecule has 0 atom stereocenters. The summed E-state index contributed by atoms with van der Waals surface area (Å²) in [5.41, 5.74) is 1.05. The molecular formula is C26H34ClF3N4O3. The van der Waals surface area contributed by atoms with E-state index in [1.165, 1.54) is 13.0 Å². The maximum Gasteiger partial charge on any atom is 0.574 e. The molecule has 1 aromatic carbocycles. The van der Waals surface area contributed by atoms with Gasteiger partial charge in [-0.15, -0.1) is 13.2 Å². The van der Waals surface area contributed by atoms with Crippen molar-refractivity contribution in [1.29, 1.82) is 0 Å². The lowest BCUT2D eigenvalue weighted by atomic mass is 9.89. The summed E-state index contributed by atoms with van der Waals surface area (Å²) in [6.07, 6.45) is -0.808. The molecule has 2 aromatic rings. The third kappa shape index (κ3) is 7.19. The van der Waals surface area contributed by atoms with Gasteiger partial charge < -0.3 is 24.8 Å². The number of aryl methyl sites for hydroxylation is 1. The first-order valence-electron chi connectivity index (χ1n) is 12.3. The second kappa shape index (κ2) is 11.8. The molecule has 0 aliphatic heterocycles. The van der Waals surface area contributed by atoms with E-state index in [4.69, 9.17) is 11.6 Å². The predicted molar refractivity (Wildman–Crippen MR) is 139 cm³/mol. The molecule has 1 aliphatic rings. The molecule has 1 fully saturated rings. The Bertz CT molecular complexity index is 1170. The minimum atomic E-state index is -5.00. The molecule has 0 bridgehead atoms. The summed E-state index contributed by atoms with van der Waals surface area (Å²) in [6, 6.07) is 5.38. The van der Waals surface area contributed by atoms with Crippen LogP contribution < -0.4 is 20.4 Å². The average molecular weight is 543 g/mol. The molecule has 0 spiro atoms. The third-order valence-corrected chi connectivity index (χ3v) is 7.17. The summed E-state index contributed by atoms with van der Waals surface area (Å²) in [7, 11) is 4.19. The second-order valence-electron chi connectivity index (χ2n) is 9.66. The maximum atomic E-state index is 13.2. The Labute approximate surface area is 219 Å². The van der Waals surface area contributed by atoms with Crippen molar-refractivity contribution in [3.63, 3.8) is 0 Å². The van der Waals surface area contributed by atoms with Gasteiger partial charge in [0.15, 0.2) is 5.43 Å². The number of anilines is 1. The van der Waals surface area contributed by atoms with E-state index >= 15 is 0 Å². The lowest BCUT2D eigenvalue weighted by molar-refractivity contribution is -0.276. The van der Waals surface area contributed by atoms with Crippen molar-refractivity contribution in [3.8, 4) is 5.88 Å². The van der Waals surface area contributed by atoms with Crippen LogP contribution in [0.2, 0.25) is 5.02 Å². The van der Waals surface area contributed by atoms with E-state index < -0.39 is 30.1 Å². The predicted octanol–water partition coefficient (Wildman–Crippen LogP) is 5.17. The molecule has 1 saturated carbocycles. The molecule has 11 heteroatoms. The van der Waals surface area contributed by atoms with Crippen molar-refractivity contribution in [3.05, 3.63) is 55.8 Å². The molecule has 0 unspecified atom stereocenters. The summed E-state index contributed by atoms with van der Waals surface area (Å²) < 4.78 is 42.6. The van der Waals surface area contributed by atoms with Crippen LogP contribution in [0.25, 0.3) is 0 Å². The number of aromatic amines is 1. The monoisotopic (exact) mass is 542 g/mol. The first kappa shape index (κ1) is 28.8.